The summed E-state index contributed by atoms with van der Waals surface area (Å²) < 4.78 is 22.6. The summed E-state index contributed by atoms with van der Waals surface area (Å²) in [6, 6.07) is 38.5. The third-order valence-electron chi connectivity index (χ3n) is 10.4. The lowest BCUT2D eigenvalue weighted by molar-refractivity contribution is 0.0723. The van der Waals surface area contributed by atoms with Gasteiger partial charge in [-0.15, -0.1) is 0 Å². The molecular formula is C54H55NO7. The van der Waals surface area contributed by atoms with Crippen molar-refractivity contribution < 1.29 is 33.3 Å². The molecule has 8 heteroatoms. The molecule has 8 nitrogen and oxygen atoms in total. The van der Waals surface area contributed by atoms with Crippen LogP contribution in [0.3, 0.4) is 0 Å². The Morgan fingerprint density at radius 2 is 0.742 bits per heavy atom. The Kier molecular flexibility index (Phi) is 17.6. The van der Waals surface area contributed by atoms with Gasteiger partial charge in [-0.3, -0.25) is 4.98 Å². The number of aromatic nitrogens is 1. The van der Waals surface area contributed by atoms with E-state index in [9.17, 15) is 14.4 Å². The molecule has 0 N–H and O–H groups in total. The van der Waals surface area contributed by atoms with Crippen molar-refractivity contribution in [2.24, 2.45) is 0 Å². The van der Waals surface area contributed by atoms with E-state index in [-0.39, 0.29) is 0 Å². The van der Waals surface area contributed by atoms with E-state index in [0.29, 0.717) is 40.5 Å². The molecule has 6 rings (SSSR count). The van der Waals surface area contributed by atoms with Crippen molar-refractivity contribution in [2.45, 2.75) is 84.0 Å². The van der Waals surface area contributed by atoms with Gasteiger partial charge in [0.1, 0.15) is 23.0 Å². The topological polar surface area (TPSA) is 101 Å². The van der Waals surface area contributed by atoms with Crippen LogP contribution in [0.1, 0.15) is 126 Å². The van der Waals surface area contributed by atoms with Crippen molar-refractivity contribution >= 4 is 30.1 Å². The lowest BCUT2D eigenvalue weighted by atomic mass is 10.1. The Morgan fingerprint density at radius 3 is 1.16 bits per heavy atom. The number of pyridine rings is 1. The number of rotatable bonds is 23. The molecule has 0 aliphatic heterocycles. The van der Waals surface area contributed by atoms with Crippen molar-refractivity contribution in [3.63, 3.8) is 0 Å². The van der Waals surface area contributed by atoms with Gasteiger partial charge in [0.05, 0.1) is 23.3 Å². The highest BCUT2D eigenvalue weighted by Crippen LogP contribution is 2.26. The second-order valence-corrected chi connectivity index (χ2v) is 15.2. The van der Waals surface area contributed by atoms with Gasteiger partial charge in [0.25, 0.3) is 0 Å². The summed E-state index contributed by atoms with van der Waals surface area (Å²) in [7, 11) is 0. The summed E-state index contributed by atoms with van der Waals surface area (Å²) in [6.45, 7) is 2.92. The van der Waals surface area contributed by atoms with Gasteiger partial charge < -0.3 is 18.9 Å². The summed E-state index contributed by atoms with van der Waals surface area (Å²) in [6.07, 6.45) is 23.0. The van der Waals surface area contributed by atoms with E-state index < -0.39 is 17.9 Å². The van der Waals surface area contributed by atoms with Crippen LogP contribution in [-0.2, 0) is 0 Å². The zero-order valence-electron chi connectivity index (χ0n) is 35.5. The van der Waals surface area contributed by atoms with Gasteiger partial charge >= 0.3 is 17.9 Å². The molecule has 0 aliphatic carbocycles. The zero-order chi connectivity index (χ0) is 43.2. The molecule has 1 aromatic heterocycles. The van der Waals surface area contributed by atoms with Gasteiger partial charge in [0.2, 0.25) is 0 Å². The molecule has 0 saturated carbocycles. The highest BCUT2D eigenvalue weighted by molar-refractivity contribution is 5.93. The van der Waals surface area contributed by atoms with Crippen molar-refractivity contribution in [1.29, 1.82) is 0 Å². The van der Waals surface area contributed by atoms with Crippen LogP contribution in [0.5, 0.6) is 23.0 Å². The number of esters is 3. The summed E-state index contributed by atoms with van der Waals surface area (Å²) in [5.41, 5.74) is 4.94. The maximum absolute atomic E-state index is 12.9. The molecule has 0 amide bonds. The van der Waals surface area contributed by atoms with Gasteiger partial charge in [0, 0.05) is 12.4 Å². The maximum Gasteiger partial charge on any atom is 0.343 e. The van der Waals surface area contributed by atoms with E-state index in [1.807, 2.05) is 60.7 Å². The fourth-order valence-corrected chi connectivity index (χ4v) is 6.81. The predicted molar refractivity (Wildman–Crippen MR) is 246 cm³/mol. The fourth-order valence-electron chi connectivity index (χ4n) is 6.81. The van der Waals surface area contributed by atoms with Gasteiger partial charge in [-0.2, -0.15) is 0 Å². The van der Waals surface area contributed by atoms with Gasteiger partial charge in [0.15, 0.2) is 0 Å². The minimum atomic E-state index is -0.545. The minimum absolute atomic E-state index is 0.308. The largest absolute Gasteiger partial charge is 0.494 e. The van der Waals surface area contributed by atoms with Gasteiger partial charge in [-0.1, -0.05) is 126 Å². The first kappa shape index (κ1) is 44.7. The van der Waals surface area contributed by atoms with Crippen molar-refractivity contribution in [2.75, 3.05) is 6.61 Å². The van der Waals surface area contributed by atoms with E-state index in [1.165, 1.54) is 64.2 Å². The van der Waals surface area contributed by atoms with E-state index in [1.54, 1.807) is 97.3 Å². The van der Waals surface area contributed by atoms with Crippen LogP contribution < -0.4 is 18.9 Å². The number of carbonyl (C=O) groups is 3. The molecular weight excluding hydrogens is 775 g/mol. The van der Waals surface area contributed by atoms with Gasteiger partial charge in [-0.05, 0) is 126 Å². The number of benzene rings is 5. The predicted octanol–water partition coefficient (Wildman–Crippen LogP) is 13.7. The molecule has 0 fully saturated rings. The minimum Gasteiger partial charge on any atom is -0.494 e. The van der Waals surface area contributed by atoms with E-state index in [2.05, 4.69) is 11.9 Å². The maximum atomic E-state index is 12.9. The summed E-state index contributed by atoms with van der Waals surface area (Å²) in [5, 5.41) is 0. The molecule has 6 aromatic rings. The SMILES string of the molecule is CCCCCCCCCCCCCCOc1ccc(C(=O)Oc2ccc(C(=O)Oc3ccc(-c4ccc(OC(=O)c5ccc(/C=C/c6ccncc6)cc5)cc4)cc3)cc2)cc1. The number of carbonyl (C=O) groups excluding carboxylic acids is 3. The third-order valence-corrected chi connectivity index (χ3v) is 10.4. The lowest BCUT2D eigenvalue weighted by Crippen LogP contribution is -2.10. The Bertz CT molecular complexity index is 2300. The molecule has 0 unspecified atom stereocenters. The van der Waals surface area contributed by atoms with E-state index in [0.717, 1.165) is 40.8 Å². The van der Waals surface area contributed by atoms with Crippen LogP contribution in [0.15, 0.2) is 146 Å². The number of hydrogen-bond donors (Lipinski definition) is 0. The normalized spacial score (nSPS) is 11.0. The van der Waals surface area contributed by atoms with E-state index in [4.69, 9.17) is 18.9 Å². The molecule has 5 aromatic carbocycles. The second-order valence-electron chi connectivity index (χ2n) is 15.2. The van der Waals surface area contributed by atoms with Crippen LogP contribution in [-0.4, -0.2) is 29.5 Å². The van der Waals surface area contributed by atoms with Crippen LogP contribution in [0.25, 0.3) is 23.3 Å². The Balaban J connectivity index is 0.878. The number of hydrogen-bond acceptors (Lipinski definition) is 8. The highest BCUT2D eigenvalue weighted by Gasteiger charge is 2.13. The Morgan fingerprint density at radius 1 is 0.403 bits per heavy atom. The standard InChI is InChI=1S/C54H55NO7/c1-2-3-4-5-6-7-8-9-10-11-12-13-40-59-48-28-24-46(25-29-48)53(57)62-51-34-26-47(27-35-51)54(58)61-50-32-22-44(23-33-50)43-20-30-49(31-21-43)60-52(56)45-18-16-41(17-19-45)14-15-42-36-38-55-39-37-42/h14-39H,2-13,40H2,1H3/b15-14+. The van der Waals surface area contributed by atoms with Crippen LogP contribution >= 0.6 is 0 Å². The molecule has 0 saturated heterocycles. The first-order valence-corrected chi connectivity index (χ1v) is 21.8. The van der Waals surface area contributed by atoms with Crippen LogP contribution in [0.4, 0.5) is 0 Å². The molecule has 62 heavy (non-hydrogen) atoms. The van der Waals surface area contributed by atoms with E-state index >= 15 is 0 Å². The van der Waals surface area contributed by atoms with Crippen molar-refractivity contribution in [1.82, 2.24) is 4.98 Å². The summed E-state index contributed by atoms with van der Waals surface area (Å²) in [4.78, 5) is 42.5. The first-order chi connectivity index (χ1) is 30.4. The van der Waals surface area contributed by atoms with Crippen molar-refractivity contribution in [3.05, 3.63) is 174 Å². The monoisotopic (exact) mass is 829 g/mol. The molecule has 0 radical (unpaired) electrons. The lowest BCUT2D eigenvalue weighted by Gasteiger charge is -2.09. The fraction of sp³-hybridized carbons (Fsp3) is 0.259. The van der Waals surface area contributed by atoms with Crippen molar-refractivity contribution in [3.8, 4) is 34.1 Å². The molecule has 318 valence electrons. The highest BCUT2D eigenvalue weighted by atomic mass is 16.5. The molecule has 1 heterocycles. The molecule has 0 spiro atoms. The average Bonchev–Trinajstić information content (AvgIpc) is 3.31. The Labute approximate surface area is 365 Å². The third kappa shape index (κ3) is 14.7. The zero-order valence-corrected chi connectivity index (χ0v) is 35.5. The number of unbranched alkanes of at least 4 members (excludes halogenated alkanes) is 11. The molecule has 0 atom stereocenters. The summed E-state index contributed by atoms with van der Waals surface area (Å²) >= 11 is 0. The van der Waals surface area contributed by atoms with Crippen LogP contribution in [0.2, 0.25) is 0 Å². The Hall–Kier alpha value is -6.80. The molecule has 0 aliphatic rings. The molecule has 0 bridgehead atoms. The first-order valence-electron chi connectivity index (χ1n) is 21.8. The number of ether oxygens (including phenoxy) is 4. The quantitative estimate of drug-likeness (QED) is 0.0357. The number of nitrogens with zero attached hydrogens (tertiary/aromatic N) is 1. The second kappa shape index (κ2) is 24.5. The smallest absolute Gasteiger partial charge is 0.343 e. The summed E-state index contributed by atoms with van der Waals surface area (Å²) in [5.74, 6) is 0.334. The van der Waals surface area contributed by atoms with Crippen LogP contribution in [0, 0.1) is 0 Å². The van der Waals surface area contributed by atoms with Gasteiger partial charge in [-0.25, -0.2) is 14.4 Å². The average molecular weight is 830 g/mol.